The molecule has 3 aromatic rings. The normalized spacial score (nSPS) is 13.8. The Kier molecular flexibility index (Phi) is 13.3. The number of aromatic amines is 1. The SMILES string of the molecule is CC(C)C[C@@H](NC(=O)[C@H](CC(=O)O)NC(=O)C(Cc1ccccc1)C(N)=O)NC(=O)[C@@H](Cc1c[nH]c2ccccc12)NC(=O)OC(C)(C)C. The topological polar surface area (TPSA) is 222 Å². The molecule has 264 valence electrons. The zero-order chi connectivity index (χ0) is 36.3. The average Bonchev–Trinajstić information content (AvgIpc) is 3.40. The van der Waals surface area contributed by atoms with Gasteiger partial charge in [0.05, 0.1) is 6.42 Å². The van der Waals surface area contributed by atoms with Crippen LogP contribution in [-0.4, -0.2) is 69.6 Å². The number of hydrogen-bond donors (Lipinski definition) is 7. The number of benzene rings is 2. The minimum atomic E-state index is -1.60. The van der Waals surface area contributed by atoms with Gasteiger partial charge in [0.15, 0.2) is 0 Å². The second-order valence-corrected chi connectivity index (χ2v) is 13.3. The van der Waals surface area contributed by atoms with Gasteiger partial charge < -0.3 is 41.8 Å². The summed E-state index contributed by atoms with van der Waals surface area (Å²) >= 11 is 0. The molecule has 0 radical (unpaired) electrons. The summed E-state index contributed by atoms with van der Waals surface area (Å²) in [6, 6.07) is 13.4. The van der Waals surface area contributed by atoms with Crippen LogP contribution in [-0.2, 0) is 41.6 Å². The molecule has 0 aliphatic rings. The van der Waals surface area contributed by atoms with Crippen LogP contribution in [0.2, 0.25) is 0 Å². The standard InChI is InChI=1S/C35H46N6O8/c1-20(2)15-28(41-33(47)27(18-29(42)43)38-31(45)24(30(36)44)16-21-11-7-6-8-12-21)40-32(46)26(39-34(48)49-35(3,4)5)17-22-19-37-25-14-10-9-13-23(22)25/h6-14,19-20,24,26-28,37H,15-18H2,1-5H3,(H2,36,44)(H,38,45)(H,39,48)(H,40,46)(H,41,47)(H,42,43)/t24?,26-,27+,28-/m1/s1. The average molecular weight is 679 g/mol. The van der Waals surface area contributed by atoms with Gasteiger partial charge >= 0.3 is 12.1 Å². The summed E-state index contributed by atoms with van der Waals surface area (Å²) in [5, 5.41) is 20.8. The Morgan fingerprint density at radius 3 is 2.02 bits per heavy atom. The van der Waals surface area contributed by atoms with Gasteiger partial charge in [0.1, 0.15) is 29.8 Å². The number of ether oxygens (including phenoxy) is 1. The van der Waals surface area contributed by atoms with E-state index in [1.54, 1.807) is 57.3 Å². The molecule has 1 unspecified atom stereocenters. The van der Waals surface area contributed by atoms with Gasteiger partial charge in [-0.05, 0) is 56.7 Å². The third kappa shape index (κ3) is 12.3. The van der Waals surface area contributed by atoms with Crippen molar-refractivity contribution >= 4 is 46.6 Å². The monoisotopic (exact) mass is 678 g/mol. The van der Waals surface area contributed by atoms with Crippen molar-refractivity contribution in [1.82, 2.24) is 26.3 Å². The maximum atomic E-state index is 13.8. The van der Waals surface area contributed by atoms with E-state index in [1.165, 1.54) is 0 Å². The molecular formula is C35H46N6O8. The van der Waals surface area contributed by atoms with E-state index in [2.05, 4.69) is 26.3 Å². The smallest absolute Gasteiger partial charge is 0.408 e. The van der Waals surface area contributed by atoms with Gasteiger partial charge in [-0.2, -0.15) is 0 Å². The Hall–Kier alpha value is -5.40. The van der Waals surface area contributed by atoms with E-state index >= 15 is 0 Å². The van der Waals surface area contributed by atoms with E-state index in [4.69, 9.17) is 10.5 Å². The highest BCUT2D eigenvalue weighted by Crippen LogP contribution is 2.20. The van der Waals surface area contributed by atoms with Gasteiger partial charge in [-0.25, -0.2) is 4.79 Å². The molecule has 3 rings (SSSR count). The van der Waals surface area contributed by atoms with E-state index < -0.39 is 71.9 Å². The van der Waals surface area contributed by atoms with Crippen LogP contribution in [0.3, 0.4) is 0 Å². The predicted octanol–water partition coefficient (Wildman–Crippen LogP) is 2.51. The first-order valence-corrected chi connectivity index (χ1v) is 16.0. The Bertz CT molecular complexity index is 1630. The van der Waals surface area contributed by atoms with Gasteiger partial charge in [-0.3, -0.25) is 24.0 Å². The number of aliphatic carboxylic acids is 1. The number of rotatable bonds is 16. The molecule has 0 spiro atoms. The third-order valence-electron chi connectivity index (χ3n) is 7.40. The predicted molar refractivity (Wildman–Crippen MR) is 182 cm³/mol. The number of carbonyl (C=O) groups is 6. The van der Waals surface area contributed by atoms with E-state index in [1.807, 2.05) is 38.1 Å². The van der Waals surface area contributed by atoms with Crippen molar-refractivity contribution in [1.29, 1.82) is 0 Å². The lowest BCUT2D eigenvalue weighted by Crippen LogP contribution is -2.59. The largest absolute Gasteiger partial charge is 0.481 e. The number of fused-ring (bicyclic) bond motifs is 1. The van der Waals surface area contributed by atoms with Gasteiger partial charge in [0, 0.05) is 23.5 Å². The van der Waals surface area contributed by atoms with Crippen molar-refractivity contribution in [3.63, 3.8) is 0 Å². The Balaban J connectivity index is 1.81. The molecule has 0 saturated carbocycles. The van der Waals surface area contributed by atoms with E-state index in [-0.39, 0.29) is 25.2 Å². The number of nitrogens with two attached hydrogens (primary N) is 1. The third-order valence-corrected chi connectivity index (χ3v) is 7.40. The van der Waals surface area contributed by atoms with Crippen molar-refractivity contribution < 1.29 is 38.6 Å². The van der Waals surface area contributed by atoms with Crippen molar-refractivity contribution in [2.75, 3.05) is 0 Å². The molecule has 0 aliphatic carbocycles. The Labute approximate surface area is 284 Å². The van der Waals surface area contributed by atoms with Gasteiger partial charge in [-0.1, -0.05) is 62.4 Å². The molecule has 1 aromatic heterocycles. The lowest BCUT2D eigenvalue weighted by molar-refractivity contribution is -0.142. The molecule has 1 heterocycles. The number of carboxylic acids is 1. The fraction of sp³-hybridized carbons (Fsp3) is 0.429. The first-order valence-electron chi connectivity index (χ1n) is 16.0. The van der Waals surface area contributed by atoms with Gasteiger partial charge in [0.2, 0.25) is 23.6 Å². The summed E-state index contributed by atoms with van der Waals surface area (Å²) in [5.74, 6) is -6.22. The number of nitrogens with one attached hydrogen (secondary N) is 5. The van der Waals surface area contributed by atoms with E-state index in [0.29, 0.717) is 5.56 Å². The van der Waals surface area contributed by atoms with Crippen molar-refractivity contribution in [3.8, 4) is 0 Å². The quantitative estimate of drug-likeness (QED) is 0.0879. The maximum Gasteiger partial charge on any atom is 0.408 e. The summed E-state index contributed by atoms with van der Waals surface area (Å²) in [5.41, 5.74) is 6.90. The molecule has 8 N–H and O–H groups in total. The Morgan fingerprint density at radius 2 is 1.43 bits per heavy atom. The molecule has 14 heteroatoms. The van der Waals surface area contributed by atoms with Crippen LogP contribution in [0, 0.1) is 11.8 Å². The first kappa shape index (κ1) is 38.1. The number of aromatic nitrogens is 1. The molecule has 4 atom stereocenters. The summed E-state index contributed by atoms with van der Waals surface area (Å²) in [6.45, 7) is 8.77. The number of para-hydroxylation sites is 1. The van der Waals surface area contributed by atoms with Crippen LogP contribution in [0.4, 0.5) is 4.79 Å². The molecule has 0 fully saturated rings. The number of carbonyl (C=O) groups excluding carboxylic acids is 5. The number of primary amides is 1. The van der Waals surface area contributed by atoms with Gasteiger partial charge in [-0.15, -0.1) is 0 Å². The molecule has 0 aliphatic heterocycles. The summed E-state index contributed by atoms with van der Waals surface area (Å²) < 4.78 is 5.40. The molecule has 49 heavy (non-hydrogen) atoms. The summed E-state index contributed by atoms with van der Waals surface area (Å²) in [7, 11) is 0. The van der Waals surface area contributed by atoms with Crippen molar-refractivity contribution in [2.45, 2.75) is 84.2 Å². The summed E-state index contributed by atoms with van der Waals surface area (Å²) in [4.78, 5) is 80.3. The number of amides is 5. The molecule has 2 aromatic carbocycles. The van der Waals surface area contributed by atoms with Crippen LogP contribution in [0.15, 0.2) is 60.8 Å². The van der Waals surface area contributed by atoms with E-state index in [0.717, 1.165) is 16.5 Å². The molecule has 14 nitrogen and oxygen atoms in total. The maximum absolute atomic E-state index is 13.8. The minimum Gasteiger partial charge on any atom is -0.481 e. The number of alkyl carbamates (subject to hydrolysis) is 1. The lowest BCUT2D eigenvalue weighted by Gasteiger charge is -2.28. The molecule has 0 bridgehead atoms. The number of hydrogen-bond acceptors (Lipinski definition) is 7. The molecule has 5 amide bonds. The zero-order valence-corrected chi connectivity index (χ0v) is 28.4. The van der Waals surface area contributed by atoms with Crippen LogP contribution < -0.4 is 27.0 Å². The van der Waals surface area contributed by atoms with Crippen molar-refractivity contribution in [3.05, 3.63) is 71.9 Å². The molecular weight excluding hydrogens is 632 g/mol. The zero-order valence-electron chi connectivity index (χ0n) is 28.4. The molecule has 0 saturated heterocycles. The fourth-order valence-corrected chi connectivity index (χ4v) is 5.18. The summed E-state index contributed by atoms with van der Waals surface area (Å²) in [6.07, 6.45) is -0.680. The minimum absolute atomic E-state index is 0.0576. The van der Waals surface area contributed by atoms with E-state index in [9.17, 15) is 33.9 Å². The van der Waals surface area contributed by atoms with Crippen LogP contribution >= 0.6 is 0 Å². The number of H-pyrrole nitrogens is 1. The van der Waals surface area contributed by atoms with Crippen LogP contribution in [0.5, 0.6) is 0 Å². The first-order chi connectivity index (χ1) is 23.0. The highest BCUT2D eigenvalue weighted by molar-refractivity contribution is 6.02. The number of carboxylic acid groups (broad SMARTS) is 1. The fourth-order valence-electron chi connectivity index (χ4n) is 5.18. The highest BCUT2D eigenvalue weighted by Gasteiger charge is 2.33. The lowest BCUT2D eigenvalue weighted by atomic mass is 9.97. The van der Waals surface area contributed by atoms with Crippen molar-refractivity contribution in [2.24, 2.45) is 17.6 Å². The van der Waals surface area contributed by atoms with Crippen LogP contribution in [0.25, 0.3) is 10.9 Å². The second-order valence-electron chi connectivity index (χ2n) is 13.3. The highest BCUT2D eigenvalue weighted by atomic mass is 16.6. The second kappa shape index (κ2) is 17.1. The van der Waals surface area contributed by atoms with Crippen LogP contribution in [0.1, 0.15) is 58.6 Å². The Morgan fingerprint density at radius 1 is 0.816 bits per heavy atom. The van der Waals surface area contributed by atoms with Gasteiger partial charge in [0.25, 0.3) is 0 Å².